The highest BCUT2D eigenvalue weighted by Crippen LogP contribution is 2.46. The SMILES string of the molecule is FC(F)(F)C(F)(F)C(F)(F)[n+]1cc[nH]c1. The maximum absolute atomic E-state index is 12.7. The summed E-state index contributed by atoms with van der Waals surface area (Å²) in [4.78, 5) is 1.94. The molecule has 0 atom stereocenters. The molecule has 0 aliphatic heterocycles. The number of rotatable bonds is 2. The van der Waals surface area contributed by atoms with Gasteiger partial charge in [0.05, 0.1) is 0 Å². The van der Waals surface area contributed by atoms with Crippen molar-refractivity contribution >= 4 is 0 Å². The van der Waals surface area contributed by atoms with E-state index >= 15 is 0 Å². The number of alkyl halides is 7. The van der Waals surface area contributed by atoms with Gasteiger partial charge >= 0.3 is 18.1 Å². The first-order valence-electron chi connectivity index (χ1n) is 3.47. The van der Waals surface area contributed by atoms with Crippen LogP contribution in [0.25, 0.3) is 0 Å². The number of aromatic amines is 1. The Balaban J connectivity index is 3.17. The first kappa shape index (κ1) is 11.8. The van der Waals surface area contributed by atoms with Crippen molar-refractivity contribution in [2.45, 2.75) is 18.1 Å². The van der Waals surface area contributed by atoms with Crippen molar-refractivity contribution in [1.82, 2.24) is 4.98 Å². The first-order chi connectivity index (χ1) is 6.61. The molecule has 0 amide bonds. The van der Waals surface area contributed by atoms with Crippen molar-refractivity contribution in [2.24, 2.45) is 0 Å². The molecule has 86 valence electrons. The van der Waals surface area contributed by atoms with E-state index in [1.807, 2.05) is 4.98 Å². The molecule has 0 radical (unpaired) electrons. The monoisotopic (exact) mass is 237 g/mol. The van der Waals surface area contributed by atoms with Crippen LogP contribution in [0.4, 0.5) is 30.7 Å². The molecule has 9 heteroatoms. The van der Waals surface area contributed by atoms with Crippen LogP contribution < -0.4 is 4.57 Å². The Kier molecular flexibility index (Phi) is 2.44. The third kappa shape index (κ3) is 1.65. The standard InChI is InChI=1S/C6H3F7N2/c7-4(8,5(9,10)11)6(12,13)15-2-1-14-3-15/h1-3H/p+1. The number of hydrogen-bond acceptors (Lipinski definition) is 0. The molecule has 0 saturated carbocycles. The van der Waals surface area contributed by atoms with Crippen LogP contribution in [0.5, 0.6) is 0 Å². The van der Waals surface area contributed by atoms with Gasteiger partial charge in [-0.05, 0) is 0 Å². The van der Waals surface area contributed by atoms with Crippen molar-refractivity contribution in [2.75, 3.05) is 0 Å². The molecule has 1 heterocycles. The maximum atomic E-state index is 12.7. The molecule has 0 spiro atoms. The van der Waals surface area contributed by atoms with Gasteiger partial charge in [-0.25, -0.2) is 0 Å². The van der Waals surface area contributed by atoms with Gasteiger partial charge in [-0.2, -0.15) is 35.3 Å². The van der Waals surface area contributed by atoms with Crippen molar-refractivity contribution in [3.05, 3.63) is 18.7 Å². The zero-order valence-corrected chi connectivity index (χ0v) is 6.83. The highest BCUT2D eigenvalue weighted by molar-refractivity contribution is 4.81. The van der Waals surface area contributed by atoms with Gasteiger partial charge in [-0.1, -0.05) is 0 Å². The molecule has 0 aliphatic rings. The molecule has 2 nitrogen and oxygen atoms in total. The Morgan fingerprint density at radius 2 is 1.47 bits per heavy atom. The number of halogens is 7. The van der Waals surface area contributed by atoms with Crippen LogP contribution in [0.1, 0.15) is 0 Å². The van der Waals surface area contributed by atoms with Crippen molar-refractivity contribution in [3.8, 4) is 0 Å². The lowest BCUT2D eigenvalue weighted by Gasteiger charge is -2.24. The van der Waals surface area contributed by atoms with Crippen LogP contribution in [0.3, 0.4) is 0 Å². The smallest absolute Gasteiger partial charge is 0.250 e. The van der Waals surface area contributed by atoms with Gasteiger partial charge in [0.15, 0.2) is 0 Å². The third-order valence-corrected chi connectivity index (χ3v) is 1.60. The predicted octanol–water partition coefficient (Wildman–Crippen LogP) is 2.05. The second-order valence-electron chi connectivity index (χ2n) is 2.63. The van der Waals surface area contributed by atoms with E-state index in [0.717, 1.165) is 6.20 Å². The molecule has 0 aliphatic carbocycles. The Morgan fingerprint density at radius 3 is 1.80 bits per heavy atom. The van der Waals surface area contributed by atoms with Crippen molar-refractivity contribution < 1.29 is 35.3 Å². The number of nitrogens with zero attached hydrogens (tertiary/aromatic N) is 1. The number of imidazole rings is 1. The fourth-order valence-electron chi connectivity index (χ4n) is 0.797. The van der Waals surface area contributed by atoms with Crippen LogP contribution in [-0.2, 0) is 6.05 Å². The van der Waals surface area contributed by atoms with Gasteiger partial charge in [0.1, 0.15) is 12.4 Å². The van der Waals surface area contributed by atoms with Crippen LogP contribution in [0.2, 0.25) is 0 Å². The Morgan fingerprint density at radius 1 is 0.933 bits per heavy atom. The van der Waals surface area contributed by atoms with Gasteiger partial charge in [0.2, 0.25) is 6.33 Å². The van der Waals surface area contributed by atoms with E-state index in [1.165, 1.54) is 0 Å². The Hall–Kier alpha value is -1.28. The fraction of sp³-hybridized carbons (Fsp3) is 0.500. The minimum Gasteiger partial charge on any atom is -0.250 e. The van der Waals surface area contributed by atoms with E-state index in [9.17, 15) is 30.7 Å². The summed E-state index contributed by atoms with van der Waals surface area (Å²) in [7, 11) is 0. The molecule has 1 aromatic rings. The average molecular weight is 237 g/mol. The second-order valence-corrected chi connectivity index (χ2v) is 2.63. The van der Waals surface area contributed by atoms with E-state index in [2.05, 4.69) is 0 Å². The summed E-state index contributed by atoms with van der Waals surface area (Å²) in [6, 6.07) is -5.37. The summed E-state index contributed by atoms with van der Waals surface area (Å²) in [6.07, 6.45) is -4.85. The molecule has 0 aromatic carbocycles. The Bertz CT molecular complexity index is 326. The minimum absolute atomic E-state index is 0.305. The average Bonchev–Trinajstić information content (AvgIpc) is 2.53. The van der Waals surface area contributed by atoms with E-state index in [-0.39, 0.29) is 0 Å². The van der Waals surface area contributed by atoms with Gasteiger partial charge < -0.3 is 0 Å². The minimum atomic E-state index is -6.32. The summed E-state index contributed by atoms with van der Waals surface area (Å²) < 4.78 is 84.7. The van der Waals surface area contributed by atoms with E-state index in [4.69, 9.17) is 0 Å². The number of aromatic nitrogens is 2. The molecular formula is C6H4F7N2+. The predicted molar refractivity (Wildman–Crippen MR) is 32.2 cm³/mol. The largest absolute Gasteiger partial charge is 0.472 e. The molecule has 15 heavy (non-hydrogen) atoms. The fourth-order valence-corrected chi connectivity index (χ4v) is 0.797. The summed E-state index contributed by atoms with van der Waals surface area (Å²) in [5.74, 6) is -6.13. The third-order valence-electron chi connectivity index (χ3n) is 1.60. The van der Waals surface area contributed by atoms with Gasteiger partial charge in [-0.3, -0.25) is 4.98 Å². The maximum Gasteiger partial charge on any atom is 0.472 e. The van der Waals surface area contributed by atoms with Crippen molar-refractivity contribution in [1.29, 1.82) is 0 Å². The zero-order chi connectivity index (χ0) is 11.9. The van der Waals surface area contributed by atoms with Gasteiger partial charge in [-0.15, -0.1) is 0 Å². The zero-order valence-electron chi connectivity index (χ0n) is 6.83. The molecule has 0 bridgehead atoms. The normalized spacial score (nSPS) is 14.3. The topological polar surface area (TPSA) is 19.7 Å². The number of hydrogen-bond donors (Lipinski definition) is 1. The van der Waals surface area contributed by atoms with Crippen LogP contribution in [0.15, 0.2) is 18.7 Å². The van der Waals surface area contributed by atoms with Gasteiger partial charge in [0.25, 0.3) is 0 Å². The van der Waals surface area contributed by atoms with Gasteiger partial charge in [0, 0.05) is 0 Å². The summed E-state index contributed by atoms with van der Waals surface area (Å²) in [5.41, 5.74) is 0. The lowest BCUT2D eigenvalue weighted by Crippen LogP contribution is -2.64. The quantitative estimate of drug-likeness (QED) is 0.600. The number of H-pyrrole nitrogens is 1. The summed E-state index contributed by atoms with van der Waals surface area (Å²) in [6.45, 7) is 0. The molecule has 1 aromatic heterocycles. The second kappa shape index (κ2) is 3.11. The molecule has 0 fully saturated rings. The van der Waals surface area contributed by atoms with Crippen LogP contribution >= 0.6 is 0 Å². The molecule has 0 saturated heterocycles. The molecule has 1 rings (SSSR count). The van der Waals surface area contributed by atoms with E-state index < -0.39 is 22.7 Å². The Labute approximate surface area is 78.3 Å². The van der Waals surface area contributed by atoms with E-state index in [0.29, 0.717) is 12.5 Å². The van der Waals surface area contributed by atoms with Crippen LogP contribution in [0, 0.1) is 0 Å². The molecule has 1 N–H and O–H groups in total. The number of nitrogens with one attached hydrogen (secondary N) is 1. The van der Waals surface area contributed by atoms with E-state index in [1.54, 1.807) is 0 Å². The lowest BCUT2D eigenvalue weighted by atomic mass is 10.2. The molecular weight excluding hydrogens is 233 g/mol. The highest BCUT2D eigenvalue weighted by Gasteiger charge is 2.77. The first-order valence-corrected chi connectivity index (χ1v) is 3.47. The highest BCUT2D eigenvalue weighted by atomic mass is 19.4. The molecule has 0 unspecified atom stereocenters. The van der Waals surface area contributed by atoms with Crippen LogP contribution in [-0.4, -0.2) is 17.1 Å². The summed E-state index contributed by atoms with van der Waals surface area (Å²) >= 11 is 0. The lowest BCUT2D eigenvalue weighted by molar-refractivity contribution is -0.849. The summed E-state index contributed by atoms with van der Waals surface area (Å²) in [5, 5.41) is 0. The van der Waals surface area contributed by atoms with Crippen molar-refractivity contribution in [3.63, 3.8) is 0 Å².